The lowest BCUT2D eigenvalue weighted by Gasteiger charge is -1.95. The molecule has 2 heterocycles. The number of aromatic amines is 1. The number of thiazole rings is 1. The van der Waals surface area contributed by atoms with Gasteiger partial charge in [-0.2, -0.15) is 0 Å². The lowest BCUT2D eigenvalue weighted by Crippen LogP contribution is -2.22. The van der Waals surface area contributed by atoms with Crippen LogP contribution in [-0.4, -0.2) is 10.9 Å². The molecule has 1 aliphatic rings. The van der Waals surface area contributed by atoms with Crippen LogP contribution < -0.4 is 15.4 Å². The molecule has 17 heavy (non-hydrogen) atoms. The molecule has 1 aliphatic heterocycles. The van der Waals surface area contributed by atoms with Gasteiger partial charge >= 0.3 is 4.87 Å². The third kappa shape index (κ3) is 1.57. The summed E-state index contributed by atoms with van der Waals surface area (Å²) in [6.07, 6.45) is 0. The first-order valence-electron chi connectivity index (χ1n) is 4.81. The van der Waals surface area contributed by atoms with E-state index in [-0.39, 0.29) is 10.8 Å². The molecule has 0 bridgehead atoms. The van der Waals surface area contributed by atoms with Gasteiger partial charge in [0, 0.05) is 5.22 Å². The molecule has 4 nitrogen and oxygen atoms in total. The SMILES string of the molecule is O=C1N=c2ccccc2=C1c1sc(=O)[nH]c1S. The molecule has 6 heteroatoms. The smallest absolute Gasteiger partial charge is 0.305 e. The van der Waals surface area contributed by atoms with E-state index >= 15 is 0 Å². The number of H-pyrrole nitrogens is 1. The number of aromatic nitrogens is 1. The van der Waals surface area contributed by atoms with Gasteiger partial charge in [-0.05, 0) is 6.07 Å². The van der Waals surface area contributed by atoms with Crippen LogP contribution in [0.1, 0.15) is 4.88 Å². The third-order valence-corrected chi connectivity index (χ3v) is 3.85. The predicted molar refractivity (Wildman–Crippen MR) is 66.9 cm³/mol. The van der Waals surface area contributed by atoms with E-state index in [0.29, 0.717) is 20.8 Å². The Kier molecular flexibility index (Phi) is 2.27. The Morgan fingerprint density at radius 2 is 2.00 bits per heavy atom. The predicted octanol–water partition coefficient (Wildman–Crippen LogP) is 0.0839. The normalized spacial score (nSPS) is 13.7. The van der Waals surface area contributed by atoms with Crippen molar-refractivity contribution in [3.8, 4) is 0 Å². The number of para-hydroxylation sites is 1. The van der Waals surface area contributed by atoms with E-state index in [1.165, 1.54) is 0 Å². The second-order valence-electron chi connectivity index (χ2n) is 3.50. The van der Waals surface area contributed by atoms with Gasteiger partial charge in [0.1, 0.15) is 0 Å². The number of rotatable bonds is 1. The van der Waals surface area contributed by atoms with Gasteiger partial charge in [0.25, 0.3) is 5.91 Å². The Hall–Kier alpha value is -1.66. The first kappa shape index (κ1) is 10.5. The minimum Gasteiger partial charge on any atom is -0.307 e. The van der Waals surface area contributed by atoms with Gasteiger partial charge in [-0.3, -0.25) is 9.59 Å². The fourth-order valence-corrected chi connectivity index (χ4v) is 2.98. The minimum absolute atomic E-state index is 0.227. The molecule has 0 radical (unpaired) electrons. The Bertz CT molecular complexity index is 801. The van der Waals surface area contributed by atoms with Crippen molar-refractivity contribution in [1.82, 2.24) is 4.98 Å². The number of carbonyl (C=O) groups excluding carboxylic acids is 1. The molecule has 1 amide bonds. The number of hydrogen-bond acceptors (Lipinski definition) is 4. The topological polar surface area (TPSA) is 62.3 Å². The molecule has 0 saturated carbocycles. The van der Waals surface area contributed by atoms with Crippen LogP contribution in [0.25, 0.3) is 5.57 Å². The molecule has 0 atom stereocenters. The van der Waals surface area contributed by atoms with Crippen LogP contribution in [0.4, 0.5) is 0 Å². The summed E-state index contributed by atoms with van der Waals surface area (Å²) < 4.78 is 0. The van der Waals surface area contributed by atoms with Crippen LogP contribution in [0, 0.1) is 0 Å². The van der Waals surface area contributed by atoms with Crippen molar-refractivity contribution < 1.29 is 4.79 Å². The van der Waals surface area contributed by atoms with Crippen molar-refractivity contribution >= 4 is 35.4 Å². The zero-order valence-corrected chi connectivity index (χ0v) is 10.1. The van der Waals surface area contributed by atoms with E-state index in [2.05, 4.69) is 22.6 Å². The molecule has 0 unspecified atom stereocenters. The van der Waals surface area contributed by atoms with Crippen molar-refractivity contribution in [2.75, 3.05) is 0 Å². The van der Waals surface area contributed by atoms with Gasteiger partial charge in [0.2, 0.25) is 0 Å². The lowest BCUT2D eigenvalue weighted by molar-refractivity contribution is -0.112. The number of hydrogen-bond donors (Lipinski definition) is 2. The van der Waals surface area contributed by atoms with E-state index in [1.54, 1.807) is 6.07 Å². The summed E-state index contributed by atoms with van der Waals surface area (Å²) in [4.78, 5) is 29.9. The fourth-order valence-electron chi connectivity index (χ4n) is 1.77. The minimum atomic E-state index is -0.322. The molecule has 1 aromatic heterocycles. The van der Waals surface area contributed by atoms with Gasteiger partial charge in [0.05, 0.1) is 20.8 Å². The second kappa shape index (κ2) is 3.68. The quantitative estimate of drug-likeness (QED) is 0.715. The van der Waals surface area contributed by atoms with Gasteiger partial charge in [-0.15, -0.1) is 12.6 Å². The van der Waals surface area contributed by atoms with E-state index in [4.69, 9.17) is 0 Å². The zero-order valence-electron chi connectivity index (χ0n) is 8.43. The molecule has 0 fully saturated rings. The van der Waals surface area contributed by atoms with Crippen LogP contribution in [-0.2, 0) is 4.79 Å². The highest BCUT2D eigenvalue weighted by Crippen LogP contribution is 2.23. The molecule has 3 rings (SSSR count). The Labute approximate surface area is 105 Å². The average Bonchev–Trinajstić information content (AvgIpc) is 2.77. The molecule has 1 N–H and O–H groups in total. The van der Waals surface area contributed by atoms with Crippen molar-refractivity contribution in [1.29, 1.82) is 0 Å². The van der Waals surface area contributed by atoms with Crippen molar-refractivity contribution in [3.63, 3.8) is 0 Å². The highest BCUT2D eigenvalue weighted by Gasteiger charge is 2.22. The number of thiol groups is 1. The number of carbonyl (C=O) groups is 1. The molecular weight excluding hydrogens is 256 g/mol. The summed E-state index contributed by atoms with van der Waals surface area (Å²) in [6, 6.07) is 7.24. The van der Waals surface area contributed by atoms with E-state index in [1.807, 2.05) is 18.2 Å². The maximum Gasteiger partial charge on any atom is 0.305 e. The van der Waals surface area contributed by atoms with Crippen molar-refractivity contribution in [2.24, 2.45) is 4.99 Å². The zero-order chi connectivity index (χ0) is 12.0. The van der Waals surface area contributed by atoms with E-state index < -0.39 is 0 Å². The van der Waals surface area contributed by atoms with Crippen LogP contribution in [0.15, 0.2) is 39.1 Å². The number of nitrogens with one attached hydrogen (secondary N) is 1. The van der Waals surface area contributed by atoms with Gasteiger partial charge in [-0.25, -0.2) is 4.99 Å². The summed E-state index contributed by atoms with van der Waals surface area (Å²) in [7, 11) is 0. The standard InChI is InChI=1S/C11H6N2O2S2/c14-9-7(8-10(16)13-11(15)17-8)5-3-1-2-4-6(5)12-9/h1-4,16H,(H,13,15). The molecule has 1 aromatic carbocycles. The number of fused-ring (bicyclic) bond motifs is 1. The summed E-state index contributed by atoms with van der Waals surface area (Å²) in [5, 5.41) is 1.80. The number of nitrogens with zero attached hydrogens (tertiary/aromatic N) is 1. The summed E-state index contributed by atoms with van der Waals surface area (Å²) >= 11 is 5.14. The Morgan fingerprint density at radius 3 is 2.71 bits per heavy atom. The fraction of sp³-hybridized carbons (Fsp3) is 0. The first-order valence-corrected chi connectivity index (χ1v) is 6.08. The number of amides is 1. The maximum atomic E-state index is 11.8. The first-order chi connectivity index (χ1) is 8.16. The molecule has 0 spiro atoms. The maximum absolute atomic E-state index is 11.8. The van der Waals surface area contributed by atoms with Crippen molar-refractivity contribution in [2.45, 2.75) is 5.03 Å². The summed E-state index contributed by atoms with van der Waals surface area (Å²) in [6.45, 7) is 0. The Balaban J connectivity index is 2.44. The second-order valence-corrected chi connectivity index (χ2v) is 4.93. The average molecular weight is 262 g/mol. The molecule has 0 saturated heterocycles. The largest absolute Gasteiger partial charge is 0.307 e. The van der Waals surface area contributed by atoms with E-state index in [0.717, 1.165) is 16.6 Å². The van der Waals surface area contributed by atoms with Crippen molar-refractivity contribution in [3.05, 3.63) is 49.4 Å². The summed E-state index contributed by atoms with van der Waals surface area (Å²) in [5.41, 5.74) is 0.453. The van der Waals surface area contributed by atoms with Crippen LogP contribution in [0.2, 0.25) is 0 Å². The monoisotopic (exact) mass is 262 g/mol. The molecule has 84 valence electrons. The summed E-state index contributed by atoms with van der Waals surface area (Å²) in [5.74, 6) is -0.322. The highest BCUT2D eigenvalue weighted by molar-refractivity contribution is 7.80. The Morgan fingerprint density at radius 1 is 1.24 bits per heavy atom. The van der Waals surface area contributed by atoms with Crippen LogP contribution >= 0.6 is 24.0 Å². The van der Waals surface area contributed by atoms with Gasteiger partial charge in [-0.1, -0.05) is 29.5 Å². The molecule has 0 aliphatic carbocycles. The molecule has 2 aromatic rings. The van der Waals surface area contributed by atoms with Gasteiger partial charge < -0.3 is 4.98 Å². The lowest BCUT2D eigenvalue weighted by atomic mass is 10.1. The van der Waals surface area contributed by atoms with Crippen LogP contribution in [0.5, 0.6) is 0 Å². The van der Waals surface area contributed by atoms with Crippen LogP contribution in [0.3, 0.4) is 0 Å². The number of benzene rings is 1. The van der Waals surface area contributed by atoms with E-state index in [9.17, 15) is 9.59 Å². The highest BCUT2D eigenvalue weighted by atomic mass is 32.1. The molecular formula is C11H6N2O2S2. The van der Waals surface area contributed by atoms with Gasteiger partial charge in [0.15, 0.2) is 0 Å². The third-order valence-electron chi connectivity index (χ3n) is 2.47.